The molecule has 0 saturated heterocycles. The molecule has 1 N–H and O–H groups in total. The summed E-state index contributed by atoms with van der Waals surface area (Å²) >= 11 is 5.90. The Morgan fingerprint density at radius 3 is 2.50 bits per heavy atom. The van der Waals surface area contributed by atoms with E-state index in [2.05, 4.69) is 5.32 Å². The standard InChI is InChI=1S/C15H24ClNO3/c1-17-12-15(13-4-6-14(16)7-5-13)20-9-3-8-19-11-10-18-2/h4-7,15,17H,3,8-12H2,1-2H3. The van der Waals surface area contributed by atoms with E-state index in [1.165, 1.54) is 0 Å². The zero-order chi connectivity index (χ0) is 14.6. The highest BCUT2D eigenvalue weighted by atomic mass is 35.5. The number of ether oxygens (including phenoxy) is 3. The van der Waals surface area contributed by atoms with E-state index >= 15 is 0 Å². The number of methoxy groups -OCH3 is 1. The molecule has 4 nitrogen and oxygen atoms in total. The summed E-state index contributed by atoms with van der Waals surface area (Å²) in [5, 5.41) is 3.88. The van der Waals surface area contributed by atoms with Gasteiger partial charge in [0.1, 0.15) is 0 Å². The maximum atomic E-state index is 5.90. The van der Waals surface area contributed by atoms with Crippen molar-refractivity contribution in [3.05, 3.63) is 34.9 Å². The summed E-state index contributed by atoms with van der Waals surface area (Å²) in [4.78, 5) is 0. The summed E-state index contributed by atoms with van der Waals surface area (Å²) in [7, 11) is 3.58. The van der Waals surface area contributed by atoms with Crippen LogP contribution in [0.3, 0.4) is 0 Å². The second kappa shape index (κ2) is 11.1. The van der Waals surface area contributed by atoms with Crippen molar-refractivity contribution in [2.75, 3.05) is 47.1 Å². The predicted molar refractivity (Wildman–Crippen MR) is 81.4 cm³/mol. The van der Waals surface area contributed by atoms with Crippen LogP contribution < -0.4 is 5.32 Å². The average Bonchev–Trinajstić information content (AvgIpc) is 2.46. The van der Waals surface area contributed by atoms with Gasteiger partial charge >= 0.3 is 0 Å². The van der Waals surface area contributed by atoms with E-state index in [1.54, 1.807) is 7.11 Å². The average molecular weight is 302 g/mol. The normalized spacial score (nSPS) is 12.6. The van der Waals surface area contributed by atoms with Crippen molar-refractivity contribution in [1.29, 1.82) is 0 Å². The van der Waals surface area contributed by atoms with Gasteiger partial charge in [-0.05, 0) is 31.2 Å². The van der Waals surface area contributed by atoms with Gasteiger partial charge < -0.3 is 19.5 Å². The number of nitrogens with one attached hydrogen (secondary N) is 1. The quantitative estimate of drug-likeness (QED) is 0.638. The van der Waals surface area contributed by atoms with Crippen molar-refractivity contribution in [1.82, 2.24) is 5.32 Å². The van der Waals surface area contributed by atoms with Gasteiger partial charge in [0.2, 0.25) is 0 Å². The van der Waals surface area contributed by atoms with Crippen LogP contribution in [0, 0.1) is 0 Å². The van der Waals surface area contributed by atoms with Crippen molar-refractivity contribution in [3.63, 3.8) is 0 Å². The SMILES string of the molecule is CNCC(OCCCOCCOC)c1ccc(Cl)cc1. The van der Waals surface area contributed by atoms with E-state index in [-0.39, 0.29) is 6.10 Å². The van der Waals surface area contributed by atoms with Crippen LogP contribution in [0.1, 0.15) is 18.1 Å². The van der Waals surface area contributed by atoms with Gasteiger partial charge in [-0.25, -0.2) is 0 Å². The molecule has 0 saturated carbocycles. The highest BCUT2D eigenvalue weighted by molar-refractivity contribution is 6.30. The minimum atomic E-state index is 0.0382. The molecule has 0 amide bonds. The van der Waals surface area contributed by atoms with E-state index in [4.69, 9.17) is 25.8 Å². The first-order valence-corrected chi connectivity index (χ1v) is 7.24. The summed E-state index contributed by atoms with van der Waals surface area (Å²) in [6.07, 6.45) is 0.911. The molecule has 0 aromatic heterocycles. The van der Waals surface area contributed by atoms with Gasteiger partial charge in [-0.2, -0.15) is 0 Å². The van der Waals surface area contributed by atoms with Crippen LogP contribution in [-0.4, -0.2) is 47.1 Å². The summed E-state index contributed by atoms with van der Waals surface area (Å²) in [6, 6.07) is 7.77. The Bertz CT molecular complexity index is 345. The number of halogens is 1. The molecule has 0 aliphatic rings. The first-order chi connectivity index (χ1) is 9.77. The second-order valence-electron chi connectivity index (χ2n) is 4.43. The van der Waals surface area contributed by atoms with Crippen molar-refractivity contribution in [2.45, 2.75) is 12.5 Å². The monoisotopic (exact) mass is 301 g/mol. The van der Waals surface area contributed by atoms with Crippen molar-refractivity contribution >= 4 is 11.6 Å². The molecule has 114 valence electrons. The third-order valence-corrected chi connectivity index (χ3v) is 3.07. The number of hydrogen-bond donors (Lipinski definition) is 1. The Morgan fingerprint density at radius 2 is 1.85 bits per heavy atom. The largest absolute Gasteiger partial charge is 0.382 e. The van der Waals surface area contributed by atoms with Crippen LogP contribution in [0.2, 0.25) is 5.02 Å². The van der Waals surface area contributed by atoms with E-state index < -0.39 is 0 Å². The lowest BCUT2D eigenvalue weighted by molar-refractivity contribution is 0.0237. The van der Waals surface area contributed by atoms with Gasteiger partial charge in [-0.1, -0.05) is 23.7 Å². The summed E-state index contributed by atoms with van der Waals surface area (Å²) in [5.74, 6) is 0. The van der Waals surface area contributed by atoms with Gasteiger partial charge in [0.25, 0.3) is 0 Å². The molecule has 0 spiro atoms. The molecule has 0 bridgehead atoms. The molecular weight excluding hydrogens is 278 g/mol. The van der Waals surface area contributed by atoms with Crippen LogP contribution in [0.4, 0.5) is 0 Å². The lowest BCUT2D eigenvalue weighted by Crippen LogP contribution is -2.20. The Balaban J connectivity index is 2.27. The Labute approximate surface area is 126 Å². The zero-order valence-corrected chi connectivity index (χ0v) is 13.0. The fraction of sp³-hybridized carbons (Fsp3) is 0.600. The third kappa shape index (κ3) is 7.22. The molecule has 0 heterocycles. The summed E-state index contributed by atoms with van der Waals surface area (Å²) in [6.45, 7) is 3.39. The van der Waals surface area contributed by atoms with Crippen LogP contribution in [0.5, 0.6) is 0 Å². The van der Waals surface area contributed by atoms with Crippen molar-refractivity contribution in [2.24, 2.45) is 0 Å². The van der Waals surface area contributed by atoms with Crippen LogP contribution in [0.15, 0.2) is 24.3 Å². The number of benzene rings is 1. The van der Waals surface area contributed by atoms with Gasteiger partial charge in [0, 0.05) is 31.9 Å². The summed E-state index contributed by atoms with van der Waals surface area (Å²) in [5.41, 5.74) is 1.13. The number of rotatable bonds is 11. The molecule has 1 atom stereocenters. The first-order valence-electron chi connectivity index (χ1n) is 6.86. The highest BCUT2D eigenvalue weighted by Gasteiger charge is 2.10. The Morgan fingerprint density at radius 1 is 1.10 bits per heavy atom. The fourth-order valence-electron chi connectivity index (χ4n) is 1.77. The Kier molecular flexibility index (Phi) is 9.62. The molecule has 5 heteroatoms. The van der Waals surface area contributed by atoms with Crippen molar-refractivity contribution in [3.8, 4) is 0 Å². The van der Waals surface area contributed by atoms with Gasteiger partial charge in [-0.3, -0.25) is 0 Å². The lowest BCUT2D eigenvalue weighted by atomic mass is 10.1. The van der Waals surface area contributed by atoms with Crippen LogP contribution in [-0.2, 0) is 14.2 Å². The molecule has 1 aromatic rings. The molecule has 0 radical (unpaired) electrons. The molecule has 20 heavy (non-hydrogen) atoms. The van der Waals surface area contributed by atoms with Gasteiger partial charge in [-0.15, -0.1) is 0 Å². The fourth-order valence-corrected chi connectivity index (χ4v) is 1.89. The molecular formula is C15H24ClNO3. The molecule has 1 unspecified atom stereocenters. The molecule has 0 fully saturated rings. The topological polar surface area (TPSA) is 39.7 Å². The van der Waals surface area contributed by atoms with E-state index in [9.17, 15) is 0 Å². The molecule has 0 aliphatic carbocycles. The molecule has 1 aromatic carbocycles. The number of likely N-dealkylation sites (N-methyl/N-ethyl adjacent to an activating group) is 1. The minimum absolute atomic E-state index is 0.0382. The molecule has 1 rings (SSSR count). The first kappa shape index (κ1) is 17.4. The third-order valence-electron chi connectivity index (χ3n) is 2.82. The summed E-state index contributed by atoms with van der Waals surface area (Å²) < 4.78 is 16.2. The second-order valence-corrected chi connectivity index (χ2v) is 4.86. The smallest absolute Gasteiger partial charge is 0.0949 e. The maximum absolute atomic E-state index is 5.90. The molecule has 0 aliphatic heterocycles. The van der Waals surface area contributed by atoms with Crippen molar-refractivity contribution < 1.29 is 14.2 Å². The van der Waals surface area contributed by atoms with E-state index in [0.29, 0.717) is 26.4 Å². The number of hydrogen-bond acceptors (Lipinski definition) is 4. The zero-order valence-electron chi connectivity index (χ0n) is 12.2. The van der Waals surface area contributed by atoms with Crippen LogP contribution in [0.25, 0.3) is 0 Å². The van der Waals surface area contributed by atoms with Crippen LogP contribution >= 0.6 is 11.6 Å². The lowest BCUT2D eigenvalue weighted by Gasteiger charge is -2.18. The predicted octanol–water partition coefficient (Wildman–Crippen LogP) is 2.67. The van der Waals surface area contributed by atoms with E-state index in [0.717, 1.165) is 23.6 Å². The van der Waals surface area contributed by atoms with Gasteiger partial charge in [0.05, 0.1) is 19.3 Å². The maximum Gasteiger partial charge on any atom is 0.0949 e. The highest BCUT2D eigenvalue weighted by Crippen LogP contribution is 2.19. The minimum Gasteiger partial charge on any atom is -0.382 e. The Hall–Kier alpha value is -0.650. The van der Waals surface area contributed by atoms with Gasteiger partial charge in [0.15, 0.2) is 0 Å². The van der Waals surface area contributed by atoms with E-state index in [1.807, 2.05) is 31.3 Å².